The van der Waals surface area contributed by atoms with Crippen LogP contribution >= 0.6 is 0 Å². The van der Waals surface area contributed by atoms with Gasteiger partial charge >= 0.3 is 5.97 Å². The molecule has 1 fully saturated rings. The Labute approximate surface area is 144 Å². The molecule has 1 aliphatic rings. The molecular formula is C21H26NO2+. The Morgan fingerprint density at radius 3 is 2.08 bits per heavy atom. The molecule has 2 aromatic carbocycles. The molecule has 0 aromatic heterocycles. The van der Waals surface area contributed by atoms with Gasteiger partial charge < -0.3 is 9.64 Å². The predicted octanol–water partition coefficient (Wildman–Crippen LogP) is 2.21. The SMILES string of the molecule is C[NH+]1CCCC(OC(=O)C(C)(c2ccccc2)c2ccccc2)C1. The maximum absolute atomic E-state index is 13.2. The number of likely N-dealkylation sites (N-methyl/N-ethyl adjacent to an activating group) is 1. The molecule has 1 heterocycles. The van der Waals surface area contributed by atoms with Gasteiger partial charge in [-0.3, -0.25) is 4.79 Å². The number of esters is 1. The fourth-order valence-electron chi connectivity index (χ4n) is 3.54. The van der Waals surface area contributed by atoms with Gasteiger partial charge in [-0.1, -0.05) is 60.7 Å². The second-order valence-electron chi connectivity index (χ2n) is 6.94. The molecule has 1 aliphatic heterocycles. The fraction of sp³-hybridized carbons (Fsp3) is 0.381. The summed E-state index contributed by atoms with van der Waals surface area (Å²) in [6.07, 6.45) is 2.08. The highest BCUT2D eigenvalue weighted by Gasteiger charge is 2.40. The molecule has 1 saturated heterocycles. The number of carbonyl (C=O) groups is 1. The molecule has 2 unspecified atom stereocenters. The number of quaternary nitrogens is 1. The summed E-state index contributed by atoms with van der Waals surface area (Å²) >= 11 is 0. The first-order valence-corrected chi connectivity index (χ1v) is 8.74. The molecule has 0 spiro atoms. The van der Waals surface area contributed by atoms with Crippen LogP contribution < -0.4 is 4.90 Å². The van der Waals surface area contributed by atoms with Crippen LogP contribution in [0.1, 0.15) is 30.9 Å². The first-order valence-electron chi connectivity index (χ1n) is 8.74. The van der Waals surface area contributed by atoms with E-state index in [1.165, 1.54) is 4.90 Å². The molecule has 2 atom stereocenters. The smallest absolute Gasteiger partial charge is 0.321 e. The van der Waals surface area contributed by atoms with Crippen molar-refractivity contribution < 1.29 is 14.4 Å². The predicted molar refractivity (Wildman–Crippen MR) is 95.1 cm³/mol. The second kappa shape index (κ2) is 7.18. The molecule has 0 saturated carbocycles. The number of benzene rings is 2. The summed E-state index contributed by atoms with van der Waals surface area (Å²) in [5, 5.41) is 0. The standard InChI is InChI=1S/C21H25NO2/c1-21(17-10-5-3-6-11-17,18-12-7-4-8-13-18)20(23)24-19-14-9-15-22(2)16-19/h3-8,10-13,19H,9,14-16H2,1-2H3/p+1. The lowest BCUT2D eigenvalue weighted by atomic mass is 9.76. The van der Waals surface area contributed by atoms with Crippen molar-refractivity contribution >= 4 is 5.97 Å². The van der Waals surface area contributed by atoms with Crippen LogP contribution in [0.4, 0.5) is 0 Å². The maximum Gasteiger partial charge on any atom is 0.321 e. The minimum atomic E-state index is -0.784. The number of likely N-dealkylation sites (tertiary alicyclic amines) is 1. The van der Waals surface area contributed by atoms with Crippen molar-refractivity contribution in [3.8, 4) is 0 Å². The lowest BCUT2D eigenvalue weighted by molar-refractivity contribution is -0.888. The summed E-state index contributed by atoms with van der Waals surface area (Å²) in [6, 6.07) is 19.9. The Balaban J connectivity index is 1.91. The van der Waals surface area contributed by atoms with Crippen molar-refractivity contribution in [2.45, 2.75) is 31.3 Å². The van der Waals surface area contributed by atoms with Crippen LogP contribution in [-0.2, 0) is 14.9 Å². The Hall–Kier alpha value is -2.13. The topological polar surface area (TPSA) is 30.7 Å². The monoisotopic (exact) mass is 324 g/mol. The van der Waals surface area contributed by atoms with Gasteiger partial charge in [0.15, 0.2) is 6.10 Å². The van der Waals surface area contributed by atoms with Crippen LogP contribution in [-0.4, -0.2) is 32.2 Å². The van der Waals surface area contributed by atoms with Gasteiger partial charge in [-0.15, -0.1) is 0 Å². The lowest BCUT2D eigenvalue weighted by Gasteiger charge is -2.33. The Kier molecular flexibility index (Phi) is 5.00. The number of ether oxygens (including phenoxy) is 1. The third kappa shape index (κ3) is 3.36. The molecule has 24 heavy (non-hydrogen) atoms. The zero-order chi connectivity index (χ0) is 17.0. The van der Waals surface area contributed by atoms with E-state index in [4.69, 9.17) is 4.74 Å². The third-order valence-corrected chi connectivity index (χ3v) is 5.09. The largest absolute Gasteiger partial charge is 0.455 e. The van der Waals surface area contributed by atoms with Crippen LogP contribution in [0.5, 0.6) is 0 Å². The van der Waals surface area contributed by atoms with E-state index in [0.29, 0.717) is 0 Å². The summed E-state index contributed by atoms with van der Waals surface area (Å²) in [5.41, 5.74) is 1.16. The Bertz CT molecular complexity index is 629. The van der Waals surface area contributed by atoms with E-state index < -0.39 is 5.41 Å². The van der Waals surface area contributed by atoms with E-state index in [1.807, 2.05) is 67.6 Å². The van der Waals surface area contributed by atoms with Crippen molar-refractivity contribution in [2.75, 3.05) is 20.1 Å². The number of hydrogen-bond acceptors (Lipinski definition) is 2. The molecule has 3 rings (SSSR count). The van der Waals surface area contributed by atoms with Crippen LogP contribution in [0.25, 0.3) is 0 Å². The van der Waals surface area contributed by atoms with Crippen LogP contribution in [0.15, 0.2) is 60.7 Å². The number of piperidine rings is 1. The number of carbonyl (C=O) groups excluding carboxylic acids is 1. The van der Waals surface area contributed by atoms with E-state index in [-0.39, 0.29) is 12.1 Å². The van der Waals surface area contributed by atoms with E-state index >= 15 is 0 Å². The van der Waals surface area contributed by atoms with Crippen LogP contribution in [0, 0.1) is 0 Å². The summed E-state index contributed by atoms with van der Waals surface area (Å²) < 4.78 is 5.98. The van der Waals surface area contributed by atoms with Crippen molar-refractivity contribution in [1.29, 1.82) is 0 Å². The van der Waals surface area contributed by atoms with Gasteiger partial charge in [0, 0.05) is 6.42 Å². The fourth-order valence-corrected chi connectivity index (χ4v) is 3.54. The van der Waals surface area contributed by atoms with E-state index in [1.54, 1.807) is 0 Å². The van der Waals surface area contributed by atoms with Crippen molar-refractivity contribution in [3.05, 3.63) is 71.8 Å². The van der Waals surface area contributed by atoms with Gasteiger partial charge in [0.1, 0.15) is 12.0 Å². The third-order valence-electron chi connectivity index (χ3n) is 5.09. The molecule has 3 nitrogen and oxygen atoms in total. The molecule has 0 aliphatic carbocycles. The normalized spacial score (nSPS) is 21.2. The second-order valence-corrected chi connectivity index (χ2v) is 6.94. The summed E-state index contributed by atoms with van der Waals surface area (Å²) in [5.74, 6) is -0.153. The van der Waals surface area contributed by atoms with Crippen LogP contribution in [0.2, 0.25) is 0 Å². The van der Waals surface area contributed by atoms with Crippen molar-refractivity contribution in [2.24, 2.45) is 0 Å². The average Bonchev–Trinajstić information content (AvgIpc) is 2.62. The summed E-state index contributed by atoms with van der Waals surface area (Å²) in [6.45, 7) is 4.02. The zero-order valence-electron chi connectivity index (χ0n) is 14.5. The minimum absolute atomic E-state index is 0.0120. The molecule has 3 heteroatoms. The lowest BCUT2D eigenvalue weighted by Crippen LogP contribution is -3.11. The summed E-state index contributed by atoms with van der Waals surface area (Å²) in [4.78, 5) is 14.6. The van der Waals surface area contributed by atoms with Gasteiger partial charge in [-0.2, -0.15) is 0 Å². The van der Waals surface area contributed by atoms with E-state index in [9.17, 15) is 4.79 Å². The molecule has 0 radical (unpaired) electrons. The minimum Gasteiger partial charge on any atom is -0.455 e. The summed E-state index contributed by atoms with van der Waals surface area (Å²) in [7, 11) is 2.16. The van der Waals surface area contributed by atoms with Gasteiger partial charge in [0.2, 0.25) is 0 Å². The number of hydrogen-bond donors (Lipinski definition) is 1. The molecule has 126 valence electrons. The molecule has 0 bridgehead atoms. The van der Waals surface area contributed by atoms with Crippen molar-refractivity contribution in [1.82, 2.24) is 0 Å². The molecule has 2 aromatic rings. The highest BCUT2D eigenvalue weighted by Crippen LogP contribution is 2.33. The quantitative estimate of drug-likeness (QED) is 0.874. The number of rotatable bonds is 4. The highest BCUT2D eigenvalue weighted by molar-refractivity contribution is 5.87. The Morgan fingerprint density at radius 2 is 1.58 bits per heavy atom. The first-order chi connectivity index (χ1) is 11.6. The Morgan fingerprint density at radius 1 is 1.04 bits per heavy atom. The van der Waals surface area contributed by atoms with E-state index in [2.05, 4.69) is 7.05 Å². The van der Waals surface area contributed by atoms with Gasteiger partial charge in [0.25, 0.3) is 0 Å². The molecular weight excluding hydrogens is 298 g/mol. The molecule has 1 N–H and O–H groups in total. The zero-order valence-corrected chi connectivity index (χ0v) is 14.5. The van der Waals surface area contributed by atoms with Gasteiger partial charge in [-0.05, 0) is 24.5 Å². The highest BCUT2D eigenvalue weighted by atomic mass is 16.5. The first kappa shape index (κ1) is 16.7. The molecule has 0 amide bonds. The average molecular weight is 324 g/mol. The van der Waals surface area contributed by atoms with Gasteiger partial charge in [-0.25, -0.2) is 0 Å². The van der Waals surface area contributed by atoms with E-state index in [0.717, 1.165) is 37.1 Å². The number of nitrogens with one attached hydrogen (secondary N) is 1. The maximum atomic E-state index is 13.2. The van der Waals surface area contributed by atoms with Crippen LogP contribution in [0.3, 0.4) is 0 Å². The van der Waals surface area contributed by atoms with Gasteiger partial charge in [0.05, 0.1) is 13.6 Å². The van der Waals surface area contributed by atoms with Crippen molar-refractivity contribution in [3.63, 3.8) is 0 Å².